The average molecular weight is 445 g/mol. The van der Waals surface area contributed by atoms with Gasteiger partial charge in [-0.2, -0.15) is 9.59 Å². The van der Waals surface area contributed by atoms with E-state index in [-0.39, 0.29) is 17.7 Å². The molecule has 0 unspecified atom stereocenters. The van der Waals surface area contributed by atoms with Crippen LogP contribution in [-0.2, 0) is 16.0 Å². The Bertz CT molecular complexity index is 945. The molecule has 0 aliphatic carbocycles. The minimum Gasteiger partial charge on any atom is -0.507 e. The maximum atomic E-state index is 11.7. The molecule has 0 atom stereocenters. The van der Waals surface area contributed by atoms with Gasteiger partial charge < -0.3 is 14.6 Å². The van der Waals surface area contributed by atoms with E-state index in [4.69, 9.17) is 19.1 Å². The van der Waals surface area contributed by atoms with Gasteiger partial charge in [0.1, 0.15) is 23.9 Å². The smallest absolute Gasteiger partial charge is 0.373 e. The van der Waals surface area contributed by atoms with Gasteiger partial charge in [-0.15, -0.1) is 11.8 Å². The summed E-state index contributed by atoms with van der Waals surface area (Å²) in [6.07, 6.45) is 1.74. The highest BCUT2D eigenvalue weighted by Gasteiger charge is 2.16. The predicted molar refractivity (Wildman–Crippen MR) is 120 cm³/mol. The van der Waals surface area contributed by atoms with Crippen LogP contribution in [0.15, 0.2) is 47.4 Å². The van der Waals surface area contributed by atoms with Crippen molar-refractivity contribution in [3.05, 3.63) is 59.2 Å². The van der Waals surface area contributed by atoms with Crippen molar-refractivity contribution in [2.45, 2.75) is 38.5 Å². The third-order valence-electron chi connectivity index (χ3n) is 4.36. The number of thioether (sulfide) groups is 1. The first-order valence-corrected chi connectivity index (χ1v) is 10.7. The zero-order valence-electron chi connectivity index (χ0n) is 18.3. The summed E-state index contributed by atoms with van der Waals surface area (Å²) in [4.78, 5) is 29.1. The van der Waals surface area contributed by atoms with E-state index in [1.807, 2.05) is 26.0 Å². The number of benzene rings is 2. The van der Waals surface area contributed by atoms with Crippen molar-refractivity contribution in [2.24, 2.45) is 0 Å². The Morgan fingerprint density at radius 2 is 1.84 bits per heavy atom. The molecule has 0 heterocycles. The lowest BCUT2D eigenvalue weighted by Crippen LogP contribution is -2.06. The largest absolute Gasteiger partial charge is 0.507 e. The first kappa shape index (κ1) is 26.0. The first-order chi connectivity index (χ1) is 14.8. The second-order valence-electron chi connectivity index (χ2n) is 6.79. The molecule has 0 saturated heterocycles. The van der Waals surface area contributed by atoms with Crippen molar-refractivity contribution in [2.75, 3.05) is 19.5 Å². The quantitative estimate of drug-likeness (QED) is 0.313. The Labute approximate surface area is 187 Å². The Morgan fingerprint density at radius 3 is 2.39 bits per heavy atom. The fourth-order valence-electron chi connectivity index (χ4n) is 2.88. The lowest BCUT2D eigenvalue weighted by Gasteiger charge is -2.15. The summed E-state index contributed by atoms with van der Waals surface area (Å²) in [6.45, 7) is 9.95. The lowest BCUT2D eigenvalue weighted by molar-refractivity contribution is -0.191. The van der Waals surface area contributed by atoms with Crippen LogP contribution in [0.2, 0.25) is 0 Å². The molecule has 0 radical (unpaired) electrons. The summed E-state index contributed by atoms with van der Waals surface area (Å²) >= 11 is 1.69. The number of carbonyl (C=O) groups is 1. The standard InChI is InChI=1S/C23H28O4S.CO2/c1-6-7-20-22(11-9-19(17(4)24)23(20)25)27-13-15(2)14-28-18-8-10-21(26-5)16(3)12-18;2-1-3/h8-12,25H,2,6-7,13-14H2,1,3-5H3;. The number of phenols is 1. The molecule has 7 heteroatoms. The van der Waals surface area contributed by atoms with Gasteiger partial charge in [-0.25, -0.2) is 0 Å². The molecular weight excluding hydrogens is 416 g/mol. The molecule has 2 aromatic rings. The zero-order valence-corrected chi connectivity index (χ0v) is 19.1. The molecule has 0 amide bonds. The van der Waals surface area contributed by atoms with Crippen molar-refractivity contribution >= 4 is 23.7 Å². The number of Topliss-reactive ketones (excluding diaryl/α,β-unsaturated/α-hetero) is 1. The Hall–Kier alpha value is -3.02. The highest BCUT2D eigenvalue weighted by molar-refractivity contribution is 7.99. The van der Waals surface area contributed by atoms with E-state index in [0.29, 0.717) is 29.9 Å². The van der Waals surface area contributed by atoms with Gasteiger partial charge in [-0.1, -0.05) is 19.9 Å². The second kappa shape index (κ2) is 13.3. The van der Waals surface area contributed by atoms with E-state index in [2.05, 4.69) is 12.6 Å². The number of ketones is 1. The number of phenolic OH excluding ortho intramolecular Hbond substituents is 1. The summed E-state index contributed by atoms with van der Waals surface area (Å²) < 4.78 is 11.2. The molecule has 0 aliphatic rings. The second-order valence-corrected chi connectivity index (χ2v) is 7.84. The molecule has 0 aliphatic heterocycles. The van der Waals surface area contributed by atoms with Crippen LogP contribution in [-0.4, -0.2) is 36.5 Å². The van der Waals surface area contributed by atoms with E-state index < -0.39 is 0 Å². The molecule has 166 valence electrons. The van der Waals surface area contributed by atoms with E-state index in [9.17, 15) is 9.90 Å². The van der Waals surface area contributed by atoms with Crippen LogP contribution >= 0.6 is 11.8 Å². The van der Waals surface area contributed by atoms with E-state index in [1.54, 1.807) is 31.0 Å². The molecule has 0 saturated carbocycles. The van der Waals surface area contributed by atoms with E-state index >= 15 is 0 Å². The summed E-state index contributed by atoms with van der Waals surface area (Å²) in [5, 5.41) is 10.4. The fraction of sp³-hybridized carbons (Fsp3) is 0.333. The molecule has 2 aromatic carbocycles. The normalized spacial score (nSPS) is 9.81. The number of rotatable bonds is 10. The topological polar surface area (TPSA) is 89.9 Å². The maximum absolute atomic E-state index is 11.7. The van der Waals surface area contributed by atoms with E-state index in [0.717, 1.165) is 34.0 Å². The first-order valence-electron chi connectivity index (χ1n) is 9.70. The third kappa shape index (κ3) is 7.96. The minimum atomic E-state index is -0.156. The van der Waals surface area contributed by atoms with Crippen LogP contribution in [0, 0.1) is 6.92 Å². The number of aryl methyl sites for hydroxylation is 1. The fourth-order valence-corrected chi connectivity index (χ4v) is 3.75. The number of hydrogen-bond acceptors (Lipinski definition) is 7. The van der Waals surface area contributed by atoms with Crippen molar-refractivity contribution in [3.63, 3.8) is 0 Å². The Balaban J connectivity index is 0.00000151. The molecule has 0 bridgehead atoms. The Morgan fingerprint density at radius 1 is 1.19 bits per heavy atom. The van der Waals surface area contributed by atoms with Crippen LogP contribution in [0.25, 0.3) is 0 Å². The molecule has 0 aromatic heterocycles. The van der Waals surface area contributed by atoms with Crippen LogP contribution in [0.4, 0.5) is 0 Å². The average Bonchev–Trinajstić information content (AvgIpc) is 2.73. The van der Waals surface area contributed by atoms with Crippen LogP contribution in [0.3, 0.4) is 0 Å². The number of methoxy groups -OCH3 is 1. The van der Waals surface area contributed by atoms with Gasteiger partial charge in [0.25, 0.3) is 0 Å². The van der Waals surface area contributed by atoms with Gasteiger partial charge in [0.05, 0.1) is 12.7 Å². The highest BCUT2D eigenvalue weighted by Crippen LogP contribution is 2.33. The molecule has 31 heavy (non-hydrogen) atoms. The predicted octanol–water partition coefficient (Wildman–Crippen LogP) is 5.01. The van der Waals surface area contributed by atoms with Gasteiger partial charge in [0, 0.05) is 16.2 Å². The van der Waals surface area contributed by atoms with Crippen molar-refractivity contribution < 1.29 is 29.0 Å². The van der Waals surface area contributed by atoms with Gasteiger partial charge in [0.2, 0.25) is 0 Å². The summed E-state index contributed by atoms with van der Waals surface area (Å²) in [6, 6.07) is 9.46. The summed E-state index contributed by atoms with van der Waals surface area (Å²) in [7, 11) is 1.67. The monoisotopic (exact) mass is 444 g/mol. The van der Waals surface area contributed by atoms with Gasteiger partial charge in [-0.3, -0.25) is 4.79 Å². The number of ether oxygens (including phenoxy) is 2. The number of hydrogen-bond donors (Lipinski definition) is 1. The SMILES string of the molecule is C=C(COc1ccc(C(C)=O)c(O)c1CCC)CSc1ccc(OC)c(C)c1.O=C=O. The zero-order chi connectivity index (χ0) is 23.4. The highest BCUT2D eigenvalue weighted by atomic mass is 32.2. The molecule has 1 N–H and O–H groups in total. The van der Waals surface area contributed by atoms with Gasteiger partial charge in [0.15, 0.2) is 5.78 Å². The summed E-state index contributed by atoms with van der Waals surface area (Å²) in [5.41, 5.74) is 3.05. The molecule has 0 fully saturated rings. The number of aromatic hydroxyl groups is 1. The molecule has 0 spiro atoms. The van der Waals surface area contributed by atoms with Gasteiger partial charge >= 0.3 is 6.15 Å². The molecule has 6 nitrogen and oxygen atoms in total. The molecule has 2 rings (SSSR count). The van der Waals surface area contributed by atoms with Crippen molar-refractivity contribution in [1.82, 2.24) is 0 Å². The van der Waals surface area contributed by atoms with Crippen molar-refractivity contribution in [3.8, 4) is 17.2 Å². The maximum Gasteiger partial charge on any atom is 0.373 e. The number of carbonyl (C=O) groups excluding carboxylic acids is 3. The molecular formula is C24H28O6S. The Kier molecular flexibility index (Phi) is 11.2. The van der Waals surface area contributed by atoms with E-state index in [1.165, 1.54) is 6.92 Å². The lowest BCUT2D eigenvalue weighted by atomic mass is 10.0. The van der Waals surface area contributed by atoms with Crippen LogP contribution < -0.4 is 9.47 Å². The third-order valence-corrected chi connectivity index (χ3v) is 5.50. The van der Waals surface area contributed by atoms with Gasteiger partial charge in [-0.05, 0) is 61.7 Å². The van der Waals surface area contributed by atoms with Crippen LogP contribution in [0.1, 0.15) is 41.8 Å². The van der Waals surface area contributed by atoms with Crippen LogP contribution in [0.5, 0.6) is 17.2 Å². The summed E-state index contributed by atoms with van der Waals surface area (Å²) in [5.74, 6) is 2.09. The minimum absolute atomic E-state index is 0.0283. The van der Waals surface area contributed by atoms with Crippen molar-refractivity contribution in [1.29, 1.82) is 0 Å².